The molecule has 0 aliphatic carbocycles. The number of fused-ring (bicyclic) bond motifs is 1. The van der Waals surface area contributed by atoms with Crippen LogP contribution in [0.15, 0.2) is 24.3 Å². The Labute approximate surface area is 132 Å². The molecule has 1 aromatic carbocycles. The summed E-state index contributed by atoms with van der Waals surface area (Å²) in [5.41, 5.74) is 0.455. The molecule has 0 aromatic heterocycles. The third-order valence-corrected chi connectivity index (χ3v) is 4.20. The van der Waals surface area contributed by atoms with E-state index in [4.69, 9.17) is 16.3 Å². The maximum absolute atomic E-state index is 12.6. The molecule has 6 nitrogen and oxygen atoms in total. The van der Waals surface area contributed by atoms with Gasteiger partial charge in [-0.1, -0.05) is 11.6 Å². The lowest BCUT2D eigenvalue weighted by Gasteiger charge is -2.21. The number of hydrogen-bond donors (Lipinski definition) is 0. The lowest BCUT2D eigenvalue weighted by atomic mass is 10.1. The van der Waals surface area contributed by atoms with Crippen molar-refractivity contribution in [1.29, 1.82) is 0 Å². The van der Waals surface area contributed by atoms with E-state index in [1.54, 1.807) is 31.2 Å². The second-order valence-corrected chi connectivity index (χ2v) is 5.64. The number of rotatable bonds is 3. The van der Waals surface area contributed by atoms with Crippen molar-refractivity contribution in [2.75, 3.05) is 11.5 Å². The number of anilines is 1. The summed E-state index contributed by atoms with van der Waals surface area (Å²) in [6.07, 6.45) is 0.924. The van der Waals surface area contributed by atoms with E-state index in [0.717, 1.165) is 4.90 Å². The number of hydrogen-bond acceptors (Lipinski definition) is 4. The first-order valence-electron chi connectivity index (χ1n) is 7.13. The Bertz CT molecular complexity index is 631. The van der Waals surface area contributed by atoms with Gasteiger partial charge in [-0.05, 0) is 44.0 Å². The molecule has 1 aromatic rings. The zero-order valence-electron chi connectivity index (χ0n) is 12.0. The molecule has 22 heavy (non-hydrogen) atoms. The molecule has 3 rings (SSSR count). The van der Waals surface area contributed by atoms with Gasteiger partial charge in [0.05, 0.1) is 12.3 Å². The first-order chi connectivity index (χ1) is 10.5. The van der Waals surface area contributed by atoms with Gasteiger partial charge in [-0.15, -0.1) is 0 Å². The Morgan fingerprint density at radius 3 is 2.59 bits per heavy atom. The second-order valence-electron chi connectivity index (χ2n) is 5.20. The molecule has 2 aliphatic heterocycles. The predicted octanol–water partition coefficient (Wildman–Crippen LogP) is 2.20. The number of amides is 3. The van der Waals surface area contributed by atoms with E-state index in [0.29, 0.717) is 23.6 Å². The first-order valence-corrected chi connectivity index (χ1v) is 7.51. The maximum atomic E-state index is 12.6. The first kappa shape index (κ1) is 14.8. The topological polar surface area (TPSA) is 66.9 Å². The van der Waals surface area contributed by atoms with Crippen LogP contribution in [0.4, 0.5) is 10.5 Å². The molecule has 0 radical (unpaired) electrons. The molecule has 7 heteroatoms. The van der Waals surface area contributed by atoms with Crippen molar-refractivity contribution in [3.05, 3.63) is 29.3 Å². The van der Waals surface area contributed by atoms with Gasteiger partial charge in [0.1, 0.15) is 12.1 Å². The van der Waals surface area contributed by atoms with Crippen molar-refractivity contribution in [3.8, 4) is 0 Å². The number of carbonyl (C=O) groups excluding carboxylic acids is 3. The molecule has 2 unspecified atom stereocenters. The van der Waals surface area contributed by atoms with Crippen LogP contribution in [0.2, 0.25) is 5.02 Å². The summed E-state index contributed by atoms with van der Waals surface area (Å²) in [7, 11) is 0. The van der Waals surface area contributed by atoms with E-state index in [1.807, 2.05) is 0 Å². The summed E-state index contributed by atoms with van der Waals surface area (Å²) in [6.45, 7) is 1.96. The van der Waals surface area contributed by atoms with Crippen molar-refractivity contribution < 1.29 is 19.1 Å². The van der Waals surface area contributed by atoms with Crippen molar-refractivity contribution in [2.45, 2.75) is 31.8 Å². The number of esters is 1. The molecular weight excluding hydrogens is 308 g/mol. The lowest BCUT2D eigenvalue weighted by molar-refractivity contribution is -0.147. The van der Waals surface area contributed by atoms with E-state index in [1.165, 1.54) is 4.90 Å². The van der Waals surface area contributed by atoms with Crippen LogP contribution in [-0.2, 0) is 14.3 Å². The van der Waals surface area contributed by atoms with E-state index in [-0.39, 0.29) is 12.5 Å². The average Bonchev–Trinajstić information content (AvgIpc) is 3.03. The summed E-state index contributed by atoms with van der Waals surface area (Å²) in [5.74, 6) is -0.761. The number of imide groups is 1. The molecule has 2 heterocycles. The van der Waals surface area contributed by atoms with Crippen LogP contribution in [0.25, 0.3) is 0 Å². The lowest BCUT2D eigenvalue weighted by Crippen LogP contribution is -2.43. The third-order valence-electron chi connectivity index (χ3n) is 3.95. The number of carbonyl (C=O) groups is 3. The molecular formula is C15H15ClN2O4. The minimum absolute atomic E-state index is 0.247. The minimum atomic E-state index is -0.682. The van der Waals surface area contributed by atoms with Crippen molar-refractivity contribution in [1.82, 2.24) is 4.90 Å². The third kappa shape index (κ3) is 2.23. The number of urea groups is 1. The molecule has 2 fully saturated rings. The van der Waals surface area contributed by atoms with E-state index >= 15 is 0 Å². The molecule has 0 spiro atoms. The van der Waals surface area contributed by atoms with Gasteiger partial charge in [0.25, 0.3) is 5.91 Å². The molecule has 116 valence electrons. The molecule has 2 saturated heterocycles. The standard InChI is InChI=1S/C15H15ClN2O4/c1-2-22-14(20)12-8-7-11-13(19)17(15(21)18(11)12)10-5-3-9(16)4-6-10/h3-6,11-12H,2,7-8H2,1H3. The highest BCUT2D eigenvalue weighted by Crippen LogP contribution is 2.35. The Hall–Kier alpha value is -2.08. The highest BCUT2D eigenvalue weighted by molar-refractivity contribution is 6.30. The van der Waals surface area contributed by atoms with Gasteiger partial charge in [0.2, 0.25) is 0 Å². The Kier molecular flexibility index (Phi) is 3.78. The molecule has 0 N–H and O–H groups in total. The molecule has 0 saturated carbocycles. The van der Waals surface area contributed by atoms with Gasteiger partial charge in [0.15, 0.2) is 0 Å². The molecule has 2 atom stereocenters. The summed E-state index contributed by atoms with van der Waals surface area (Å²) in [4.78, 5) is 39.5. The molecule has 0 bridgehead atoms. The van der Waals surface area contributed by atoms with Gasteiger partial charge in [-0.2, -0.15) is 0 Å². The Morgan fingerprint density at radius 2 is 1.95 bits per heavy atom. The van der Waals surface area contributed by atoms with Crippen LogP contribution in [0.3, 0.4) is 0 Å². The summed E-state index contributed by atoms with van der Waals surface area (Å²) in [6, 6.07) is 4.71. The summed E-state index contributed by atoms with van der Waals surface area (Å²) < 4.78 is 4.99. The zero-order valence-corrected chi connectivity index (χ0v) is 12.7. The van der Waals surface area contributed by atoms with Crippen LogP contribution >= 0.6 is 11.6 Å². The van der Waals surface area contributed by atoms with Gasteiger partial charge < -0.3 is 4.74 Å². The summed E-state index contributed by atoms with van der Waals surface area (Å²) >= 11 is 5.83. The highest BCUT2D eigenvalue weighted by atomic mass is 35.5. The van der Waals surface area contributed by atoms with Gasteiger partial charge >= 0.3 is 12.0 Å². The van der Waals surface area contributed by atoms with Gasteiger partial charge in [0, 0.05) is 5.02 Å². The van der Waals surface area contributed by atoms with Crippen LogP contribution in [0, 0.1) is 0 Å². The van der Waals surface area contributed by atoms with Gasteiger partial charge in [-0.3, -0.25) is 9.69 Å². The fourth-order valence-electron chi connectivity index (χ4n) is 2.98. The number of halogens is 1. The number of ether oxygens (including phenoxy) is 1. The van der Waals surface area contributed by atoms with Crippen LogP contribution in [0.5, 0.6) is 0 Å². The normalized spacial score (nSPS) is 23.9. The monoisotopic (exact) mass is 322 g/mol. The van der Waals surface area contributed by atoms with Crippen molar-refractivity contribution in [3.63, 3.8) is 0 Å². The minimum Gasteiger partial charge on any atom is -0.464 e. The second kappa shape index (κ2) is 5.61. The highest BCUT2D eigenvalue weighted by Gasteiger charge is 2.54. The fourth-order valence-corrected chi connectivity index (χ4v) is 3.10. The van der Waals surface area contributed by atoms with Gasteiger partial charge in [-0.25, -0.2) is 14.5 Å². The SMILES string of the molecule is CCOC(=O)C1CCC2C(=O)N(c3ccc(Cl)cc3)C(=O)N12. The summed E-state index contributed by atoms with van der Waals surface area (Å²) in [5, 5.41) is 0.521. The smallest absolute Gasteiger partial charge is 0.332 e. The van der Waals surface area contributed by atoms with E-state index < -0.39 is 24.1 Å². The Morgan fingerprint density at radius 1 is 1.27 bits per heavy atom. The van der Waals surface area contributed by atoms with E-state index in [2.05, 4.69) is 0 Å². The Balaban J connectivity index is 1.88. The van der Waals surface area contributed by atoms with E-state index in [9.17, 15) is 14.4 Å². The number of benzene rings is 1. The molecule has 2 aliphatic rings. The van der Waals surface area contributed by atoms with Crippen molar-refractivity contribution in [2.24, 2.45) is 0 Å². The predicted molar refractivity (Wildman–Crippen MR) is 79.6 cm³/mol. The number of nitrogens with zero attached hydrogens (tertiary/aromatic N) is 2. The van der Waals surface area contributed by atoms with Crippen LogP contribution < -0.4 is 4.90 Å². The quantitative estimate of drug-likeness (QED) is 0.632. The zero-order chi connectivity index (χ0) is 15.9. The fraction of sp³-hybridized carbons (Fsp3) is 0.400. The van der Waals surface area contributed by atoms with Crippen LogP contribution in [-0.4, -0.2) is 41.5 Å². The average molecular weight is 323 g/mol. The van der Waals surface area contributed by atoms with Crippen molar-refractivity contribution >= 4 is 35.2 Å². The largest absolute Gasteiger partial charge is 0.464 e. The molecule has 3 amide bonds. The van der Waals surface area contributed by atoms with Crippen LogP contribution in [0.1, 0.15) is 19.8 Å². The maximum Gasteiger partial charge on any atom is 0.332 e.